The number of ether oxygens (including phenoxy) is 1. The monoisotopic (exact) mass is 327 g/mol. The first-order valence-electron chi connectivity index (χ1n) is 6.30. The third-order valence-corrected chi connectivity index (χ3v) is 4.52. The lowest BCUT2D eigenvalue weighted by molar-refractivity contribution is 0.00505. The number of nitrogens with zero attached hydrogens (tertiary/aromatic N) is 1. The van der Waals surface area contributed by atoms with Crippen LogP contribution in [0.15, 0.2) is 0 Å². The molecule has 0 amide bonds. The summed E-state index contributed by atoms with van der Waals surface area (Å²) in [6.07, 6.45) is 2.01. The largest absolute Gasteiger partial charge is 0.381 e. The Morgan fingerprint density at radius 1 is 1.00 bits per heavy atom. The summed E-state index contributed by atoms with van der Waals surface area (Å²) in [5.41, 5.74) is -0.389. The normalized spacial score (nSPS) is 13.8. The quantitative estimate of drug-likeness (QED) is 0.751. The van der Waals surface area contributed by atoms with Crippen molar-refractivity contribution in [3.63, 3.8) is 0 Å². The van der Waals surface area contributed by atoms with Gasteiger partial charge in [-0.3, -0.25) is 0 Å². The fraction of sp³-hybridized carbons (Fsp3) is 1.00. The molecule has 0 saturated carbocycles. The van der Waals surface area contributed by atoms with Gasteiger partial charge in [0.2, 0.25) is 10.0 Å². The standard InChI is InChI=1S/C13H29NO3S.3CH4/c1-12(2,3)11(17-7)9-10-14(13(4,5)6)18(8,15)16;;;/h11H,9-10H2,1-8H3;3*1H4. The van der Waals surface area contributed by atoms with Gasteiger partial charge in [0, 0.05) is 19.2 Å². The first-order chi connectivity index (χ1) is 7.80. The molecule has 0 aliphatic rings. The topological polar surface area (TPSA) is 46.6 Å². The van der Waals surface area contributed by atoms with Crippen molar-refractivity contribution < 1.29 is 13.2 Å². The van der Waals surface area contributed by atoms with Gasteiger partial charge in [-0.05, 0) is 32.6 Å². The first kappa shape index (κ1) is 29.0. The summed E-state index contributed by atoms with van der Waals surface area (Å²) >= 11 is 0. The van der Waals surface area contributed by atoms with Gasteiger partial charge in [-0.25, -0.2) is 8.42 Å². The van der Waals surface area contributed by atoms with Crippen LogP contribution in [0, 0.1) is 5.41 Å². The van der Waals surface area contributed by atoms with E-state index in [0.29, 0.717) is 13.0 Å². The van der Waals surface area contributed by atoms with Crippen molar-refractivity contribution in [2.24, 2.45) is 5.41 Å². The van der Waals surface area contributed by atoms with Crippen LogP contribution in [0.1, 0.15) is 70.2 Å². The van der Waals surface area contributed by atoms with Crippen molar-refractivity contribution in [2.75, 3.05) is 19.9 Å². The lowest BCUT2D eigenvalue weighted by atomic mass is 9.87. The minimum atomic E-state index is -3.19. The number of sulfonamides is 1. The Balaban J connectivity index is -0.000000482. The van der Waals surface area contributed by atoms with Crippen LogP contribution in [-0.4, -0.2) is 44.3 Å². The summed E-state index contributed by atoms with van der Waals surface area (Å²) in [6, 6.07) is 0. The van der Waals surface area contributed by atoms with E-state index in [-0.39, 0.29) is 33.8 Å². The zero-order valence-electron chi connectivity index (χ0n) is 13.1. The molecule has 1 unspecified atom stereocenters. The SMILES string of the molecule is C.C.C.COC(CCN(C(C)(C)C)S(C)(=O)=O)C(C)(C)C. The molecule has 1 atom stereocenters. The Bertz CT molecular complexity index is 351. The summed E-state index contributed by atoms with van der Waals surface area (Å²) in [5.74, 6) is 0. The summed E-state index contributed by atoms with van der Waals surface area (Å²) in [6.45, 7) is 12.5. The maximum Gasteiger partial charge on any atom is 0.211 e. The van der Waals surface area contributed by atoms with Crippen molar-refractivity contribution in [1.29, 1.82) is 0 Å². The van der Waals surface area contributed by atoms with Crippen molar-refractivity contribution in [3.05, 3.63) is 0 Å². The van der Waals surface area contributed by atoms with E-state index in [1.165, 1.54) is 10.6 Å². The second kappa shape index (κ2) is 9.80. The highest BCUT2D eigenvalue weighted by atomic mass is 32.2. The van der Waals surface area contributed by atoms with E-state index >= 15 is 0 Å². The minimum absolute atomic E-state index is 0. The molecule has 4 nitrogen and oxygen atoms in total. The van der Waals surface area contributed by atoms with Gasteiger partial charge < -0.3 is 4.74 Å². The smallest absolute Gasteiger partial charge is 0.211 e. The molecule has 5 heteroatoms. The van der Waals surface area contributed by atoms with E-state index in [4.69, 9.17) is 4.74 Å². The van der Waals surface area contributed by atoms with Crippen LogP contribution in [0.2, 0.25) is 0 Å². The molecule has 0 N–H and O–H groups in total. The molecule has 0 fully saturated rings. The van der Waals surface area contributed by atoms with Gasteiger partial charge in [-0.2, -0.15) is 4.31 Å². The van der Waals surface area contributed by atoms with Gasteiger partial charge in [0.25, 0.3) is 0 Å². The Morgan fingerprint density at radius 3 is 1.57 bits per heavy atom. The number of hydrogen-bond acceptors (Lipinski definition) is 3. The van der Waals surface area contributed by atoms with E-state index in [1.807, 2.05) is 20.8 Å². The molecule has 0 bridgehead atoms. The van der Waals surface area contributed by atoms with Gasteiger partial charge in [0.1, 0.15) is 0 Å². The maximum absolute atomic E-state index is 11.8. The van der Waals surface area contributed by atoms with Crippen LogP contribution in [0.25, 0.3) is 0 Å². The number of hydrogen-bond donors (Lipinski definition) is 0. The van der Waals surface area contributed by atoms with Crippen LogP contribution in [0.4, 0.5) is 0 Å². The third-order valence-electron chi connectivity index (χ3n) is 2.99. The van der Waals surface area contributed by atoms with Gasteiger partial charge in [0.05, 0.1) is 12.4 Å². The van der Waals surface area contributed by atoms with Gasteiger partial charge in [-0.1, -0.05) is 43.1 Å². The van der Waals surface area contributed by atoms with Crippen molar-refractivity contribution >= 4 is 10.0 Å². The lowest BCUT2D eigenvalue weighted by Gasteiger charge is -2.36. The predicted octanol–water partition coefficient (Wildman–Crippen LogP) is 4.41. The summed E-state index contributed by atoms with van der Waals surface area (Å²) in [4.78, 5) is 0. The van der Waals surface area contributed by atoms with Crippen LogP contribution >= 0.6 is 0 Å². The van der Waals surface area contributed by atoms with Crippen LogP contribution in [0.5, 0.6) is 0 Å². The van der Waals surface area contributed by atoms with Crippen molar-refractivity contribution in [2.45, 2.75) is 81.9 Å². The van der Waals surface area contributed by atoms with Crippen LogP contribution in [0.3, 0.4) is 0 Å². The second-order valence-electron chi connectivity index (χ2n) is 6.88. The highest BCUT2D eigenvalue weighted by molar-refractivity contribution is 7.88. The Kier molecular flexibility index (Phi) is 13.5. The third kappa shape index (κ3) is 10.3. The van der Waals surface area contributed by atoms with Crippen molar-refractivity contribution in [1.82, 2.24) is 4.31 Å². The Hall–Kier alpha value is -0.130. The maximum atomic E-state index is 11.8. The van der Waals surface area contributed by atoms with E-state index < -0.39 is 15.6 Å². The highest BCUT2D eigenvalue weighted by Crippen LogP contribution is 2.26. The summed E-state index contributed by atoms with van der Waals surface area (Å²) in [5, 5.41) is 0. The molecule has 0 aromatic rings. The number of rotatable bonds is 5. The molecular formula is C16H41NO3S. The first-order valence-corrected chi connectivity index (χ1v) is 8.15. The molecule has 0 aliphatic carbocycles. The molecule has 134 valence electrons. The minimum Gasteiger partial charge on any atom is -0.381 e. The average Bonchev–Trinajstić information content (AvgIpc) is 2.05. The molecule has 0 spiro atoms. The van der Waals surface area contributed by atoms with Crippen LogP contribution < -0.4 is 0 Å². The number of methoxy groups -OCH3 is 1. The van der Waals surface area contributed by atoms with E-state index in [9.17, 15) is 8.42 Å². The second-order valence-corrected chi connectivity index (χ2v) is 8.79. The molecule has 21 heavy (non-hydrogen) atoms. The molecular weight excluding hydrogens is 286 g/mol. The van der Waals surface area contributed by atoms with E-state index in [2.05, 4.69) is 20.8 Å². The Morgan fingerprint density at radius 2 is 1.38 bits per heavy atom. The van der Waals surface area contributed by atoms with Gasteiger partial charge in [0.15, 0.2) is 0 Å². The van der Waals surface area contributed by atoms with Gasteiger partial charge in [-0.15, -0.1) is 0 Å². The predicted molar refractivity (Wildman–Crippen MR) is 96.4 cm³/mol. The molecule has 0 radical (unpaired) electrons. The van der Waals surface area contributed by atoms with Crippen LogP contribution in [-0.2, 0) is 14.8 Å². The summed E-state index contributed by atoms with van der Waals surface area (Å²) < 4.78 is 30.6. The molecule has 0 rings (SSSR count). The van der Waals surface area contributed by atoms with E-state index in [1.54, 1.807) is 7.11 Å². The Labute approximate surface area is 135 Å². The summed E-state index contributed by atoms with van der Waals surface area (Å²) in [7, 11) is -1.52. The van der Waals surface area contributed by atoms with Crippen molar-refractivity contribution in [3.8, 4) is 0 Å². The van der Waals surface area contributed by atoms with E-state index in [0.717, 1.165) is 0 Å². The zero-order chi connectivity index (χ0) is 14.8. The molecule has 0 heterocycles. The fourth-order valence-corrected chi connectivity index (χ4v) is 3.57. The molecule has 0 aliphatic heterocycles. The molecule has 0 aromatic carbocycles. The fourth-order valence-electron chi connectivity index (χ4n) is 2.14. The highest BCUT2D eigenvalue weighted by Gasteiger charge is 2.32. The zero-order valence-corrected chi connectivity index (χ0v) is 13.9. The molecule has 0 aromatic heterocycles. The molecule has 0 saturated heterocycles. The van der Waals surface area contributed by atoms with Gasteiger partial charge >= 0.3 is 0 Å². The average molecular weight is 328 g/mol. The lowest BCUT2D eigenvalue weighted by Crippen LogP contribution is -2.47.